The van der Waals surface area contributed by atoms with Crippen LogP contribution in [0, 0.1) is 0 Å². The molecule has 3 heterocycles. The molecule has 1 atom stereocenters. The van der Waals surface area contributed by atoms with E-state index in [1.807, 2.05) is 42.2 Å². The summed E-state index contributed by atoms with van der Waals surface area (Å²) in [5.41, 5.74) is 5.01. The number of nitrogens with zero attached hydrogens (tertiary/aromatic N) is 2. The molecule has 0 unspecified atom stereocenters. The van der Waals surface area contributed by atoms with Crippen molar-refractivity contribution in [3.63, 3.8) is 0 Å². The molecule has 0 saturated carbocycles. The van der Waals surface area contributed by atoms with Gasteiger partial charge in [-0.05, 0) is 74.9 Å². The van der Waals surface area contributed by atoms with E-state index in [-0.39, 0.29) is 18.1 Å². The van der Waals surface area contributed by atoms with Crippen LogP contribution in [0.25, 0.3) is 5.00 Å². The first-order chi connectivity index (χ1) is 15.1. The molecule has 1 aliphatic carbocycles. The quantitative estimate of drug-likeness (QED) is 0.595. The first-order valence-electron chi connectivity index (χ1n) is 11.1. The van der Waals surface area contributed by atoms with Crippen molar-refractivity contribution in [3.8, 4) is 10.8 Å². The summed E-state index contributed by atoms with van der Waals surface area (Å²) in [7, 11) is 1.68. The number of aromatic nitrogens is 1. The average molecular weight is 436 g/mol. The molecule has 0 saturated heterocycles. The Morgan fingerprint density at radius 1 is 1.13 bits per heavy atom. The number of methoxy groups -OCH3 is 1. The Kier molecular flexibility index (Phi) is 5.26. The fraction of sp³-hybridized carbons (Fsp3) is 0.400. The number of fused-ring (bicyclic) bond motifs is 5. The lowest BCUT2D eigenvalue weighted by Gasteiger charge is -2.32. The van der Waals surface area contributed by atoms with Crippen LogP contribution >= 0.6 is 11.3 Å². The summed E-state index contributed by atoms with van der Waals surface area (Å²) < 4.78 is 7.68. The van der Waals surface area contributed by atoms with Crippen molar-refractivity contribution in [1.82, 2.24) is 14.8 Å². The Morgan fingerprint density at radius 2 is 1.90 bits per heavy atom. The monoisotopic (exact) mass is 435 g/mol. The third-order valence-electron chi connectivity index (χ3n) is 6.28. The van der Waals surface area contributed by atoms with E-state index >= 15 is 0 Å². The predicted octanol–water partition coefficient (Wildman–Crippen LogP) is 5.45. The summed E-state index contributed by atoms with van der Waals surface area (Å²) in [5.74, 6) is 0.819. The zero-order valence-electron chi connectivity index (χ0n) is 18.4. The highest BCUT2D eigenvalue weighted by atomic mass is 32.1. The first-order valence-corrected chi connectivity index (χ1v) is 11.9. The third kappa shape index (κ3) is 3.53. The molecule has 1 N–H and O–H groups in total. The van der Waals surface area contributed by atoms with E-state index in [4.69, 9.17) is 4.74 Å². The Labute approximate surface area is 187 Å². The number of hydrogen-bond acceptors (Lipinski definition) is 3. The Morgan fingerprint density at radius 3 is 2.65 bits per heavy atom. The second kappa shape index (κ2) is 8.08. The second-order valence-electron chi connectivity index (χ2n) is 8.71. The summed E-state index contributed by atoms with van der Waals surface area (Å²) in [5, 5.41) is 4.43. The highest BCUT2D eigenvalue weighted by Gasteiger charge is 2.36. The van der Waals surface area contributed by atoms with Gasteiger partial charge in [0.05, 0.1) is 25.4 Å². The number of urea groups is 1. The SMILES string of the molecule is COc1ccc([C@H]2c3cccn3-c3sc4c(c3CN2C(=O)NC(C)C)CCCC4)cc1. The highest BCUT2D eigenvalue weighted by Crippen LogP contribution is 2.44. The van der Waals surface area contributed by atoms with Gasteiger partial charge < -0.3 is 19.5 Å². The summed E-state index contributed by atoms with van der Waals surface area (Å²) >= 11 is 1.91. The number of hydrogen-bond donors (Lipinski definition) is 1. The Balaban J connectivity index is 1.68. The van der Waals surface area contributed by atoms with E-state index in [9.17, 15) is 4.79 Å². The minimum atomic E-state index is -0.168. The van der Waals surface area contributed by atoms with Gasteiger partial charge in [0, 0.05) is 22.7 Å². The van der Waals surface area contributed by atoms with Crippen LogP contribution in [0.3, 0.4) is 0 Å². The number of amides is 2. The van der Waals surface area contributed by atoms with E-state index in [0.717, 1.165) is 29.8 Å². The van der Waals surface area contributed by atoms with Crippen molar-refractivity contribution in [2.45, 2.75) is 58.2 Å². The zero-order chi connectivity index (χ0) is 21.5. The number of rotatable bonds is 3. The van der Waals surface area contributed by atoms with Crippen LogP contribution in [0.1, 0.15) is 60.0 Å². The van der Waals surface area contributed by atoms with Crippen molar-refractivity contribution >= 4 is 17.4 Å². The van der Waals surface area contributed by atoms with Crippen LogP contribution in [-0.2, 0) is 19.4 Å². The van der Waals surface area contributed by atoms with Gasteiger partial charge in [0.1, 0.15) is 10.8 Å². The molecule has 162 valence electrons. The van der Waals surface area contributed by atoms with Crippen LogP contribution < -0.4 is 10.1 Å². The van der Waals surface area contributed by atoms with Crippen LogP contribution in [0.15, 0.2) is 42.6 Å². The van der Waals surface area contributed by atoms with E-state index in [1.165, 1.54) is 33.8 Å². The largest absolute Gasteiger partial charge is 0.497 e. The molecular weight excluding hydrogens is 406 g/mol. The van der Waals surface area contributed by atoms with Gasteiger partial charge >= 0.3 is 6.03 Å². The molecule has 1 aromatic carbocycles. The van der Waals surface area contributed by atoms with Crippen LogP contribution in [0.4, 0.5) is 4.79 Å². The molecule has 0 bridgehead atoms. The van der Waals surface area contributed by atoms with Crippen LogP contribution in [0.5, 0.6) is 5.75 Å². The number of ether oxygens (including phenoxy) is 1. The lowest BCUT2D eigenvalue weighted by atomic mass is 9.95. The summed E-state index contributed by atoms with van der Waals surface area (Å²) in [4.78, 5) is 17.0. The molecule has 2 aromatic heterocycles. The summed E-state index contributed by atoms with van der Waals surface area (Å²) in [6.45, 7) is 4.65. The van der Waals surface area contributed by atoms with Gasteiger partial charge in [-0.25, -0.2) is 4.79 Å². The molecule has 1 aliphatic heterocycles. The molecule has 5 nitrogen and oxygen atoms in total. The number of benzene rings is 1. The molecule has 0 spiro atoms. The number of nitrogens with one attached hydrogen (secondary N) is 1. The van der Waals surface area contributed by atoms with Gasteiger partial charge in [0.2, 0.25) is 0 Å². The highest BCUT2D eigenvalue weighted by molar-refractivity contribution is 7.15. The van der Waals surface area contributed by atoms with Gasteiger partial charge in [0.15, 0.2) is 0 Å². The Hall–Kier alpha value is -2.73. The van der Waals surface area contributed by atoms with E-state index in [2.05, 4.69) is 40.3 Å². The zero-order valence-corrected chi connectivity index (χ0v) is 19.2. The van der Waals surface area contributed by atoms with E-state index < -0.39 is 0 Å². The van der Waals surface area contributed by atoms with Gasteiger partial charge in [0.25, 0.3) is 0 Å². The van der Waals surface area contributed by atoms with E-state index in [0.29, 0.717) is 6.54 Å². The van der Waals surface area contributed by atoms with E-state index in [1.54, 1.807) is 7.11 Å². The van der Waals surface area contributed by atoms with Crippen molar-refractivity contribution in [2.75, 3.05) is 7.11 Å². The fourth-order valence-corrected chi connectivity index (χ4v) is 6.26. The fourth-order valence-electron chi connectivity index (χ4n) is 4.85. The molecule has 31 heavy (non-hydrogen) atoms. The van der Waals surface area contributed by atoms with Gasteiger partial charge in [-0.2, -0.15) is 0 Å². The number of carbonyl (C=O) groups is 1. The molecule has 3 aromatic rings. The molecule has 0 radical (unpaired) electrons. The lowest BCUT2D eigenvalue weighted by Crippen LogP contribution is -2.44. The summed E-state index contributed by atoms with van der Waals surface area (Å²) in [6, 6.07) is 12.2. The first kappa shape index (κ1) is 20.2. The normalized spacial score (nSPS) is 17.5. The third-order valence-corrected chi connectivity index (χ3v) is 7.62. The maximum Gasteiger partial charge on any atom is 0.318 e. The van der Waals surface area contributed by atoms with Crippen molar-refractivity contribution < 1.29 is 9.53 Å². The van der Waals surface area contributed by atoms with Crippen LogP contribution in [0.2, 0.25) is 0 Å². The molecule has 2 aliphatic rings. The minimum absolute atomic E-state index is 0.0211. The maximum absolute atomic E-state index is 13.5. The lowest BCUT2D eigenvalue weighted by molar-refractivity contribution is 0.178. The number of carbonyl (C=O) groups excluding carboxylic acids is 1. The maximum atomic E-state index is 13.5. The summed E-state index contributed by atoms with van der Waals surface area (Å²) in [6.07, 6.45) is 6.91. The topological polar surface area (TPSA) is 46.5 Å². The molecule has 2 amide bonds. The predicted molar refractivity (Wildman–Crippen MR) is 124 cm³/mol. The van der Waals surface area contributed by atoms with Crippen LogP contribution in [-0.4, -0.2) is 28.6 Å². The minimum Gasteiger partial charge on any atom is -0.497 e. The van der Waals surface area contributed by atoms with Crippen molar-refractivity contribution in [3.05, 3.63) is 69.9 Å². The van der Waals surface area contributed by atoms with Gasteiger partial charge in [-0.3, -0.25) is 0 Å². The Bertz CT molecular complexity index is 1100. The molecular formula is C25H29N3O2S. The van der Waals surface area contributed by atoms with Crippen molar-refractivity contribution in [1.29, 1.82) is 0 Å². The van der Waals surface area contributed by atoms with Gasteiger partial charge in [-0.15, -0.1) is 11.3 Å². The van der Waals surface area contributed by atoms with Crippen molar-refractivity contribution in [2.24, 2.45) is 0 Å². The molecule has 0 fully saturated rings. The molecule has 6 heteroatoms. The van der Waals surface area contributed by atoms with Gasteiger partial charge in [-0.1, -0.05) is 12.1 Å². The number of thiophene rings is 1. The second-order valence-corrected chi connectivity index (χ2v) is 9.79. The standard InChI is InChI=1S/C25H29N3O2S/c1-16(2)26-25(29)28-15-20-19-7-4-5-9-22(19)31-24(20)27-14-6-8-21(27)23(28)17-10-12-18(30-3)13-11-17/h6,8,10-14,16,23H,4-5,7,9,15H2,1-3H3,(H,26,29)/t23-/m0/s1. The average Bonchev–Trinajstić information content (AvgIpc) is 3.35. The smallest absolute Gasteiger partial charge is 0.318 e. The number of aryl methyl sites for hydroxylation is 1. The molecule has 5 rings (SSSR count).